The molecule has 1 heterocycles. The number of carbonyl (C=O) groups excluding carboxylic acids is 1. The largest absolute Gasteiger partial charge is 0.389 e. The van der Waals surface area contributed by atoms with E-state index in [9.17, 15) is 4.79 Å². The normalized spacial score (nSPS) is 10.2. The fourth-order valence-electron chi connectivity index (χ4n) is 1.68. The summed E-state index contributed by atoms with van der Waals surface area (Å²) in [5.74, 6) is -0.144. The van der Waals surface area contributed by atoms with Crippen molar-refractivity contribution in [1.29, 1.82) is 0 Å². The highest BCUT2D eigenvalue weighted by Gasteiger charge is 2.13. The molecule has 1 aromatic heterocycles. The molecule has 0 spiro atoms. The molecule has 17 heavy (non-hydrogen) atoms. The number of amides is 1. The number of aryl methyl sites for hydroxylation is 2. The molecular formula is C12H13N3OS. The molecular weight excluding hydrogens is 234 g/mol. The predicted octanol–water partition coefficient (Wildman–Crippen LogP) is 2.59. The summed E-state index contributed by atoms with van der Waals surface area (Å²) in [5.41, 5.74) is 8.16. The van der Waals surface area contributed by atoms with Crippen LogP contribution in [0.4, 0.5) is 10.1 Å². The molecule has 2 aromatic rings. The second-order valence-corrected chi connectivity index (χ2v) is 4.85. The number of nitrogen functional groups attached to an aromatic ring is 1. The predicted molar refractivity (Wildman–Crippen MR) is 70.4 cm³/mol. The van der Waals surface area contributed by atoms with E-state index >= 15 is 0 Å². The number of nitrogens with zero attached hydrogens (tertiary/aromatic N) is 1. The van der Waals surface area contributed by atoms with Gasteiger partial charge >= 0.3 is 0 Å². The van der Waals surface area contributed by atoms with E-state index in [1.54, 1.807) is 0 Å². The summed E-state index contributed by atoms with van der Waals surface area (Å²) >= 11 is 1.26. The second-order valence-electron chi connectivity index (χ2n) is 3.79. The van der Waals surface area contributed by atoms with Crippen LogP contribution in [0, 0.1) is 13.8 Å². The molecule has 0 bridgehead atoms. The number of thiazole rings is 1. The zero-order chi connectivity index (χ0) is 12.4. The monoisotopic (exact) mass is 247 g/mol. The van der Waals surface area contributed by atoms with Crippen LogP contribution in [0.25, 0.3) is 0 Å². The third-order valence-corrected chi connectivity index (χ3v) is 3.19. The van der Waals surface area contributed by atoms with E-state index in [0.29, 0.717) is 15.7 Å². The summed E-state index contributed by atoms with van der Waals surface area (Å²) in [6.45, 7) is 3.83. The Morgan fingerprint density at radius 3 is 2.53 bits per heavy atom. The first-order valence-corrected chi connectivity index (χ1v) is 5.98. The van der Waals surface area contributed by atoms with Crippen molar-refractivity contribution in [2.45, 2.75) is 13.8 Å². The highest BCUT2D eigenvalue weighted by atomic mass is 32.1. The third-order valence-electron chi connectivity index (χ3n) is 2.45. The van der Waals surface area contributed by atoms with Crippen LogP contribution in [-0.2, 0) is 0 Å². The lowest BCUT2D eigenvalue weighted by Crippen LogP contribution is -2.14. The van der Waals surface area contributed by atoms with E-state index in [2.05, 4.69) is 10.3 Å². The Kier molecular flexibility index (Phi) is 3.10. The third kappa shape index (κ3) is 2.45. The van der Waals surface area contributed by atoms with Crippen LogP contribution in [0.5, 0.6) is 0 Å². The van der Waals surface area contributed by atoms with Gasteiger partial charge in [0.05, 0.1) is 6.20 Å². The van der Waals surface area contributed by atoms with Gasteiger partial charge in [0, 0.05) is 5.56 Å². The van der Waals surface area contributed by atoms with Gasteiger partial charge in [0.25, 0.3) is 5.91 Å². The number of carbonyl (C=O) groups is 1. The van der Waals surface area contributed by atoms with Gasteiger partial charge in [-0.1, -0.05) is 29.5 Å². The van der Waals surface area contributed by atoms with Crippen LogP contribution in [0.3, 0.4) is 0 Å². The second kappa shape index (κ2) is 4.55. The average Bonchev–Trinajstić information content (AvgIpc) is 2.63. The quantitative estimate of drug-likeness (QED) is 0.857. The number of nitrogens with two attached hydrogens (primary N) is 1. The van der Waals surface area contributed by atoms with Crippen molar-refractivity contribution in [3.8, 4) is 0 Å². The van der Waals surface area contributed by atoms with Gasteiger partial charge in [0.1, 0.15) is 5.00 Å². The van der Waals surface area contributed by atoms with Gasteiger partial charge in [0.2, 0.25) is 0 Å². The Labute approximate surface area is 103 Å². The van der Waals surface area contributed by atoms with Crippen molar-refractivity contribution in [2.24, 2.45) is 0 Å². The van der Waals surface area contributed by atoms with Gasteiger partial charge in [-0.2, -0.15) is 0 Å². The van der Waals surface area contributed by atoms with Crippen molar-refractivity contribution in [1.82, 2.24) is 4.98 Å². The molecule has 0 saturated carbocycles. The smallest absolute Gasteiger partial charge is 0.257 e. The Hall–Kier alpha value is -1.88. The van der Waals surface area contributed by atoms with E-state index in [-0.39, 0.29) is 5.91 Å². The van der Waals surface area contributed by atoms with Crippen LogP contribution in [0.2, 0.25) is 0 Å². The minimum atomic E-state index is -0.144. The number of anilines is 2. The molecule has 3 N–H and O–H groups in total. The number of rotatable bonds is 2. The van der Waals surface area contributed by atoms with E-state index in [1.807, 2.05) is 32.0 Å². The highest BCUT2D eigenvalue weighted by Crippen LogP contribution is 2.21. The maximum absolute atomic E-state index is 12.1. The number of benzene rings is 1. The topological polar surface area (TPSA) is 68.0 Å². The lowest BCUT2D eigenvalue weighted by molar-refractivity contribution is 0.102. The Bertz CT molecular complexity index is 542. The molecule has 0 aliphatic carbocycles. The SMILES string of the molecule is Cc1cccc(C)c1C(=O)Nc1ncc(N)s1. The highest BCUT2D eigenvalue weighted by molar-refractivity contribution is 7.19. The molecule has 0 saturated heterocycles. The maximum Gasteiger partial charge on any atom is 0.257 e. The summed E-state index contributed by atoms with van der Waals surface area (Å²) in [5, 5.41) is 3.86. The zero-order valence-electron chi connectivity index (χ0n) is 9.65. The molecule has 2 rings (SSSR count). The molecule has 0 aliphatic heterocycles. The summed E-state index contributed by atoms with van der Waals surface area (Å²) < 4.78 is 0. The first-order valence-electron chi connectivity index (χ1n) is 5.17. The van der Waals surface area contributed by atoms with Gasteiger partial charge in [-0.05, 0) is 25.0 Å². The fourth-order valence-corrected chi connectivity index (χ4v) is 2.25. The standard InChI is InChI=1S/C12H13N3OS/c1-7-4-3-5-8(2)10(7)11(16)15-12-14-6-9(13)17-12/h3-6H,13H2,1-2H3,(H,14,15,16). The van der Waals surface area contributed by atoms with Crippen LogP contribution in [0.15, 0.2) is 24.4 Å². The van der Waals surface area contributed by atoms with Crippen molar-refractivity contribution < 1.29 is 4.79 Å². The van der Waals surface area contributed by atoms with Crippen molar-refractivity contribution in [3.63, 3.8) is 0 Å². The van der Waals surface area contributed by atoms with E-state index in [0.717, 1.165) is 11.1 Å². The number of aromatic nitrogens is 1. The number of hydrogen-bond donors (Lipinski definition) is 2. The summed E-state index contributed by atoms with van der Waals surface area (Å²) in [6.07, 6.45) is 1.53. The molecule has 0 unspecified atom stereocenters. The maximum atomic E-state index is 12.1. The van der Waals surface area contributed by atoms with Crippen LogP contribution >= 0.6 is 11.3 Å². The lowest BCUT2D eigenvalue weighted by Gasteiger charge is -2.08. The molecule has 1 amide bonds. The van der Waals surface area contributed by atoms with Crippen molar-refractivity contribution >= 4 is 27.4 Å². The molecule has 4 nitrogen and oxygen atoms in total. The molecule has 0 aliphatic rings. The first-order chi connectivity index (χ1) is 8.08. The molecule has 0 fully saturated rings. The summed E-state index contributed by atoms with van der Waals surface area (Å²) in [7, 11) is 0. The van der Waals surface area contributed by atoms with Gasteiger partial charge in [0.15, 0.2) is 5.13 Å². The van der Waals surface area contributed by atoms with Gasteiger partial charge in [-0.25, -0.2) is 4.98 Å². The minimum Gasteiger partial charge on any atom is -0.389 e. The minimum absolute atomic E-state index is 0.144. The molecule has 5 heteroatoms. The Morgan fingerprint density at radius 1 is 1.35 bits per heavy atom. The van der Waals surface area contributed by atoms with Crippen LogP contribution < -0.4 is 11.1 Å². The van der Waals surface area contributed by atoms with E-state index in [1.165, 1.54) is 17.5 Å². The Balaban J connectivity index is 2.26. The van der Waals surface area contributed by atoms with E-state index in [4.69, 9.17) is 5.73 Å². The Morgan fingerprint density at radius 2 is 2.00 bits per heavy atom. The average molecular weight is 247 g/mol. The van der Waals surface area contributed by atoms with Gasteiger partial charge < -0.3 is 5.73 Å². The fraction of sp³-hybridized carbons (Fsp3) is 0.167. The molecule has 88 valence electrons. The molecule has 0 atom stereocenters. The number of hydrogen-bond acceptors (Lipinski definition) is 4. The summed E-state index contributed by atoms with van der Waals surface area (Å²) in [4.78, 5) is 16.1. The van der Waals surface area contributed by atoms with Crippen LogP contribution in [0.1, 0.15) is 21.5 Å². The lowest BCUT2D eigenvalue weighted by atomic mass is 10.0. The molecule has 0 radical (unpaired) electrons. The zero-order valence-corrected chi connectivity index (χ0v) is 10.5. The van der Waals surface area contributed by atoms with Crippen molar-refractivity contribution in [2.75, 3.05) is 11.1 Å². The molecule has 1 aromatic carbocycles. The van der Waals surface area contributed by atoms with Gasteiger partial charge in [-0.15, -0.1) is 0 Å². The number of nitrogens with one attached hydrogen (secondary N) is 1. The van der Waals surface area contributed by atoms with Crippen LogP contribution in [-0.4, -0.2) is 10.9 Å². The van der Waals surface area contributed by atoms with E-state index < -0.39 is 0 Å². The summed E-state index contributed by atoms with van der Waals surface area (Å²) in [6, 6.07) is 5.76. The van der Waals surface area contributed by atoms with Gasteiger partial charge in [-0.3, -0.25) is 10.1 Å². The van der Waals surface area contributed by atoms with Crippen molar-refractivity contribution in [3.05, 3.63) is 41.1 Å². The first kappa shape index (κ1) is 11.6.